The normalized spacial score (nSPS) is 13.5. The third-order valence-electron chi connectivity index (χ3n) is 1.69. The van der Waals surface area contributed by atoms with Gasteiger partial charge in [0.15, 0.2) is 0 Å². The molecule has 1 atom stereocenters. The minimum absolute atomic E-state index is 0.657. The lowest BCUT2D eigenvalue weighted by molar-refractivity contribution is 0.482. The molecule has 0 saturated heterocycles. The van der Waals surface area contributed by atoms with E-state index in [9.17, 15) is 0 Å². The molecule has 62 valence electrons. The van der Waals surface area contributed by atoms with E-state index in [1.807, 2.05) is 7.05 Å². The first-order chi connectivity index (χ1) is 4.85. The molecule has 2 N–H and O–H groups in total. The molecule has 0 rings (SSSR count). The van der Waals surface area contributed by atoms with Crippen molar-refractivity contribution >= 4 is 0 Å². The van der Waals surface area contributed by atoms with E-state index in [2.05, 4.69) is 24.5 Å². The van der Waals surface area contributed by atoms with Crippen LogP contribution in [-0.2, 0) is 0 Å². The minimum atomic E-state index is 0.657. The highest BCUT2D eigenvalue weighted by molar-refractivity contribution is 4.65. The molecule has 0 saturated carbocycles. The van der Waals surface area contributed by atoms with Crippen LogP contribution in [0.25, 0.3) is 0 Å². The summed E-state index contributed by atoms with van der Waals surface area (Å²) in [5.41, 5.74) is 0. The smallest absolute Gasteiger partial charge is 0.0189 e. The maximum atomic E-state index is 3.32. The van der Waals surface area contributed by atoms with E-state index in [1.54, 1.807) is 0 Å². The Balaban J connectivity index is 3.21. The highest BCUT2D eigenvalue weighted by Crippen LogP contribution is 1.93. The van der Waals surface area contributed by atoms with Crippen molar-refractivity contribution in [2.75, 3.05) is 20.1 Å². The molecule has 0 aliphatic carbocycles. The molecule has 0 aliphatic heterocycles. The summed E-state index contributed by atoms with van der Waals surface area (Å²) in [5.74, 6) is 0. The van der Waals surface area contributed by atoms with Crippen molar-refractivity contribution in [1.29, 1.82) is 0 Å². The molecule has 2 heteroatoms. The van der Waals surface area contributed by atoms with Gasteiger partial charge in [0.2, 0.25) is 0 Å². The first-order valence-corrected chi connectivity index (χ1v) is 4.23. The quantitative estimate of drug-likeness (QED) is 0.581. The average molecular weight is 144 g/mol. The minimum Gasteiger partial charge on any atom is -0.316 e. The fourth-order valence-corrected chi connectivity index (χ4v) is 1.02. The van der Waals surface area contributed by atoms with Crippen molar-refractivity contribution in [3.63, 3.8) is 0 Å². The molecule has 0 radical (unpaired) electrons. The van der Waals surface area contributed by atoms with Crippen LogP contribution >= 0.6 is 0 Å². The standard InChI is InChI=1S/C8H20N2/c1-4-6-8(9-3)7-10-5-2/h8-10H,4-7H2,1-3H3. The molecule has 0 aromatic rings. The molecule has 0 aromatic carbocycles. The van der Waals surface area contributed by atoms with E-state index in [0.717, 1.165) is 13.1 Å². The van der Waals surface area contributed by atoms with Crippen LogP contribution in [0.2, 0.25) is 0 Å². The Morgan fingerprint density at radius 1 is 1.30 bits per heavy atom. The van der Waals surface area contributed by atoms with Gasteiger partial charge in [0.25, 0.3) is 0 Å². The van der Waals surface area contributed by atoms with Gasteiger partial charge in [-0.1, -0.05) is 20.3 Å². The van der Waals surface area contributed by atoms with Gasteiger partial charge in [-0.3, -0.25) is 0 Å². The molecule has 10 heavy (non-hydrogen) atoms. The van der Waals surface area contributed by atoms with Crippen molar-refractivity contribution in [1.82, 2.24) is 10.6 Å². The Hall–Kier alpha value is -0.0800. The van der Waals surface area contributed by atoms with Crippen molar-refractivity contribution in [2.45, 2.75) is 32.7 Å². The largest absolute Gasteiger partial charge is 0.316 e. The van der Waals surface area contributed by atoms with E-state index >= 15 is 0 Å². The molecule has 2 nitrogen and oxygen atoms in total. The first-order valence-electron chi connectivity index (χ1n) is 4.23. The third-order valence-corrected chi connectivity index (χ3v) is 1.69. The van der Waals surface area contributed by atoms with E-state index in [-0.39, 0.29) is 0 Å². The van der Waals surface area contributed by atoms with Crippen LogP contribution in [0, 0.1) is 0 Å². The maximum Gasteiger partial charge on any atom is 0.0189 e. The number of likely N-dealkylation sites (N-methyl/N-ethyl adjacent to an activating group) is 2. The van der Waals surface area contributed by atoms with Crippen molar-refractivity contribution in [3.05, 3.63) is 0 Å². The Morgan fingerprint density at radius 2 is 2.00 bits per heavy atom. The van der Waals surface area contributed by atoms with Crippen LogP contribution in [0.15, 0.2) is 0 Å². The van der Waals surface area contributed by atoms with E-state index in [1.165, 1.54) is 12.8 Å². The fraction of sp³-hybridized carbons (Fsp3) is 1.00. The summed E-state index contributed by atoms with van der Waals surface area (Å²) < 4.78 is 0. The predicted octanol–water partition coefficient (Wildman–Crippen LogP) is 0.984. The maximum absolute atomic E-state index is 3.32. The van der Waals surface area contributed by atoms with Crippen LogP contribution in [0.1, 0.15) is 26.7 Å². The molecule has 0 bridgehead atoms. The summed E-state index contributed by atoms with van der Waals surface area (Å²) in [7, 11) is 2.03. The Bertz CT molecular complexity index is 64.3. The second-order valence-corrected chi connectivity index (χ2v) is 2.58. The van der Waals surface area contributed by atoms with Gasteiger partial charge in [-0.05, 0) is 20.0 Å². The van der Waals surface area contributed by atoms with Crippen molar-refractivity contribution in [2.24, 2.45) is 0 Å². The van der Waals surface area contributed by atoms with E-state index in [4.69, 9.17) is 0 Å². The number of nitrogens with one attached hydrogen (secondary N) is 2. The lowest BCUT2D eigenvalue weighted by atomic mass is 10.2. The van der Waals surface area contributed by atoms with Gasteiger partial charge in [0, 0.05) is 12.6 Å². The van der Waals surface area contributed by atoms with Crippen LogP contribution in [0.4, 0.5) is 0 Å². The summed E-state index contributed by atoms with van der Waals surface area (Å²) in [6.45, 7) is 6.53. The highest BCUT2D eigenvalue weighted by atomic mass is 15.0. The topological polar surface area (TPSA) is 24.1 Å². The Labute approximate surface area is 64.4 Å². The lowest BCUT2D eigenvalue weighted by Gasteiger charge is -2.14. The second kappa shape index (κ2) is 7.03. The lowest BCUT2D eigenvalue weighted by Crippen LogP contribution is -2.36. The van der Waals surface area contributed by atoms with Crippen LogP contribution in [0.5, 0.6) is 0 Å². The highest BCUT2D eigenvalue weighted by Gasteiger charge is 2.01. The second-order valence-electron chi connectivity index (χ2n) is 2.58. The SMILES string of the molecule is CCCC(CNCC)NC. The van der Waals surface area contributed by atoms with Gasteiger partial charge in [-0.15, -0.1) is 0 Å². The van der Waals surface area contributed by atoms with Gasteiger partial charge >= 0.3 is 0 Å². The van der Waals surface area contributed by atoms with Crippen LogP contribution < -0.4 is 10.6 Å². The van der Waals surface area contributed by atoms with E-state index < -0.39 is 0 Å². The molecule has 0 heterocycles. The van der Waals surface area contributed by atoms with Crippen molar-refractivity contribution in [3.8, 4) is 0 Å². The molecule has 0 fully saturated rings. The first kappa shape index (κ1) is 9.92. The monoisotopic (exact) mass is 144 g/mol. The summed E-state index contributed by atoms with van der Waals surface area (Å²) in [4.78, 5) is 0. The molecule has 0 aromatic heterocycles. The zero-order valence-corrected chi connectivity index (χ0v) is 7.41. The summed E-state index contributed by atoms with van der Waals surface area (Å²) in [6, 6.07) is 0.657. The molecule has 0 spiro atoms. The Morgan fingerprint density at radius 3 is 2.40 bits per heavy atom. The molecule has 0 aliphatic rings. The third kappa shape index (κ3) is 4.77. The fourth-order valence-electron chi connectivity index (χ4n) is 1.02. The molecule has 0 amide bonds. The van der Waals surface area contributed by atoms with Gasteiger partial charge in [-0.2, -0.15) is 0 Å². The average Bonchev–Trinajstić information content (AvgIpc) is 1.98. The zero-order valence-electron chi connectivity index (χ0n) is 7.41. The summed E-state index contributed by atoms with van der Waals surface area (Å²) in [5, 5.41) is 6.60. The zero-order chi connectivity index (χ0) is 7.82. The van der Waals surface area contributed by atoms with Gasteiger partial charge in [0.1, 0.15) is 0 Å². The molecular weight excluding hydrogens is 124 g/mol. The van der Waals surface area contributed by atoms with Crippen molar-refractivity contribution < 1.29 is 0 Å². The van der Waals surface area contributed by atoms with Gasteiger partial charge in [-0.25, -0.2) is 0 Å². The summed E-state index contributed by atoms with van der Waals surface area (Å²) >= 11 is 0. The number of hydrogen-bond donors (Lipinski definition) is 2. The van der Waals surface area contributed by atoms with Crippen LogP contribution in [0.3, 0.4) is 0 Å². The van der Waals surface area contributed by atoms with E-state index in [0.29, 0.717) is 6.04 Å². The van der Waals surface area contributed by atoms with Crippen LogP contribution in [-0.4, -0.2) is 26.2 Å². The van der Waals surface area contributed by atoms with Gasteiger partial charge < -0.3 is 10.6 Å². The molecular formula is C8H20N2. The van der Waals surface area contributed by atoms with Gasteiger partial charge in [0.05, 0.1) is 0 Å². The number of rotatable bonds is 6. The molecule has 1 unspecified atom stereocenters. The predicted molar refractivity (Wildman–Crippen MR) is 46.3 cm³/mol. The summed E-state index contributed by atoms with van der Waals surface area (Å²) in [6.07, 6.45) is 2.53. The Kier molecular flexibility index (Phi) is 6.98. The number of hydrogen-bond acceptors (Lipinski definition) is 2.